The second-order valence-electron chi connectivity index (χ2n) is 4.01. The molecule has 1 aliphatic rings. The molecule has 0 atom stereocenters. The van der Waals surface area contributed by atoms with Crippen LogP contribution in [0.3, 0.4) is 0 Å². The Balaban J connectivity index is 0. The molecule has 1 saturated heterocycles. The third-order valence-electron chi connectivity index (χ3n) is 2.41. The van der Waals surface area contributed by atoms with E-state index in [4.69, 9.17) is 0 Å². The molecule has 0 bridgehead atoms. The van der Waals surface area contributed by atoms with Gasteiger partial charge in [0.1, 0.15) is 0 Å². The molecule has 0 radical (unpaired) electrons. The molecule has 5 nitrogen and oxygen atoms in total. The van der Waals surface area contributed by atoms with Gasteiger partial charge >= 0.3 is 25.4 Å². The number of carbonyl (C=O) groups excluding carboxylic acids is 1. The molecule has 1 heterocycles. The zero-order valence-electron chi connectivity index (χ0n) is 11.9. The Labute approximate surface area is 124 Å². The predicted octanol–water partition coefficient (Wildman–Crippen LogP) is 0.116. The van der Waals surface area contributed by atoms with Crippen molar-refractivity contribution in [3.05, 3.63) is 0 Å². The van der Waals surface area contributed by atoms with Crippen LogP contribution in [0, 0.1) is 0 Å². The van der Waals surface area contributed by atoms with E-state index in [-0.39, 0.29) is 25.4 Å². The minimum atomic E-state index is -0.245. The third kappa shape index (κ3) is 18.3. The van der Waals surface area contributed by atoms with Gasteiger partial charge in [-0.15, -0.1) is 0 Å². The van der Waals surface area contributed by atoms with Gasteiger partial charge in [0.25, 0.3) is 0 Å². The van der Waals surface area contributed by atoms with Gasteiger partial charge in [0.15, 0.2) is 0 Å². The Morgan fingerprint density at radius 3 is 1.22 bits per heavy atom. The van der Waals surface area contributed by atoms with Crippen LogP contribution in [0.1, 0.15) is 26.2 Å². The van der Waals surface area contributed by atoms with Gasteiger partial charge in [-0.1, -0.05) is 0 Å². The van der Waals surface area contributed by atoms with Crippen molar-refractivity contribution in [2.24, 2.45) is 0 Å². The van der Waals surface area contributed by atoms with Crippen LogP contribution in [0.25, 0.3) is 0 Å². The van der Waals surface area contributed by atoms with Crippen LogP contribution in [0.4, 0.5) is 0 Å². The molecule has 0 spiro atoms. The number of ether oxygens (including phenoxy) is 1. The minimum absolute atomic E-state index is 0. The van der Waals surface area contributed by atoms with Crippen molar-refractivity contribution in [1.29, 1.82) is 0 Å². The molecule has 0 aliphatic carbocycles. The summed E-state index contributed by atoms with van der Waals surface area (Å²) in [5.74, 6) is -0.245. The number of esters is 1. The maximum absolute atomic E-state index is 9.59. The van der Waals surface area contributed by atoms with Gasteiger partial charge in [0.05, 0.1) is 7.11 Å². The van der Waals surface area contributed by atoms with Gasteiger partial charge in [-0.3, -0.25) is 4.79 Å². The van der Waals surface area contributed by atoms with Crippen molar-refractivity contribution in [1.82, 2.24) is 16.0 Å². The summed E-state index contributed by atoms with van der Waals surface area (Å²) in [4.78, 5) is 9.59. The van der Waals surface area contributed by atoms with Crippen LogP contribution >= 0.6 is 0 Å². The monoisotopic (exact) mass is 309 g/mol. The van der Waals surface area contributed by atoms with Gasteiger partial charge in [-0.05, 0) is 58.5 Å². The van der Waals surface area contributed by atoms with Crippen molar-refractivity contribution < 1.29 is 29.0 Å². The largest absolute Gasteiger partial charge is 2.00 e. The fourth-order valence-electron chi connectivity index (χ4n) is 1.39. The molecule has 0 amide bonds. The summed E-state index contributed by atoms with van der Waals surface area (Å²) in [5, 5.41) is 10.3. The first-order chi connectivity index (χ1) is 8.27. The molecule has 3 N–H and O–H groups in total. The Bertz CT molecular complexity index is 140. The van der Waals surface area contributed by atoms with E-state index in [1.807, 2.05) is 0 Å². The average Bonchev–Trinajstić information content (AvgIpc) is 2.30. The molecule has 0 aromatic heterocycles. The summed E-state index contributed by atoms with van der Waals surface area (Å²) in [7, 11) is 1.35. The van der Waals surface area contributed by atoms with Crippen molar-refractivity contribution in [2.45, 2.75) is 26.2 Å². The molecule has 0 unspecified atom stereocenters. The van der Waals surface area contributed by atoms with Gasteiger partial charge in [-0.25, -0.2) is 0 Å². The first-order valence-corrected chi connectivity index (χ1v) is 6.44. The van der Waals surface area contributed by atoms with Crippen molar-refractivity contribution in [2.75, 3.05) is 46.4 Å². The van der Waals surface area contributed by atoms with E-state index in [1.54, 1.807) is 0 Å². The number of nitrogens with one attached hydrogen (secondary N) is 3. The smallest absolute Gasteiger partial charge is 0.469 e. The normalized spacial score (nSPS) is 17.9. The molecule has 18 heavy (non-hydrogen) atoms. The van der Waals surface area contributed by atoms with Crippen LogP contribution in [0.5, 0.6) is 0 Å². The SMILES string of the molecule is C1CNCCCNCCCNC1.COC(C)=O.[Zn+2]. The van der Waals surface area contributed by atoms with Crippen LogP contribution < -0.4 is 16.0 Å². The Morgan fingerprint density at radius 1 is 0.833 bits per heavy atom. The van der Waals surface area contributed by atoms with Crippen LogP contribution in [0.15, 0.2) is 0 Å². The first-order valence-electron chi connectivity index (χ1n) is 6.44. The van der Waals surface area contributed by atoms with Crippen molar-refractivity contribution in [3.63, 3.8) is 0 Å². The Hall–Kier alpha value is -0.0266. The second kappa shape index (κ2) is 17.0. The summed E-state index contributed by atoms with van der Waals surface area (Å²) in [6, 6.07) is 0. The quantitative estimate of drug-likeness (QED) is 0.438. The number of methoxy groups -OCH3 is 1. The fraction of sp³-hybridized carbons (Fsp3) is 0.917. The summed E-state index contributed by atoms with van der Waals surface area (Å²) in [5.41, 5.74) is 0. The number of hydrogen-bond donors (Lipinski definition) is 3. The molecule has 0 aromatic rings. The third-order valence-corrected chi connectivity index (χ3v) is 2.41. The number of hydrogen-bond acceptors (Lipinski definition) is 5. The fourth-order valence-corrected chi connectivity index (χ4v) is 1.39. The molecule has 0 aromatic carbocycles. The van der Waals surface area contributed by atoms with Crippen LogP contribution in [0.2, 0.25) is 0 Å². The maximum Gasteiger partial charge on any atom is 2.00 e. The van der Waals surface area contributed by atoms with Crippen LogP contribution in [-0.4, -0.2) is 52.3 Å². The molecule has 102 valence electrons. The van der Waals surface area contributed by atoms with Crippen LogP contribution in [-0.2, 0) is 29.0 Å². The molecule has 6 heteroatoms. The Morgan fingerprint density at radius 2 is 1.06 bits per heavy atom. The van der Waals surface area contributed by atoms with Gasteiger partial charge < -0.3 is 20.7 Å². The van der Waals surface area contributed by atoms with Gasteiger partial charge in [0, 0.05) is 6.92 Å². The molecule has 0 saturated carbocycles. The van der Waals surface area contributed by atoms with E-state index >= 15 is 0 Å². The van der Waals surface area contributed by atoms with E-state index < -0.39 is 0 Å². The second-order valence-corrected chi connectivity index (χ2v) is 4.01. The van der Waals surface area contributed by atoms with E-state index in [0.29, 0.717) is 0 Å². The Kier molecular flexibility index (Phi) is 19.1. The summed E-state index contributed by atoms with van der Waals surface area (Å²) in [6.45, 7) is 8.32. The standard InChI is InChI=1S/C9H21N3.C3H6O2.Zn/c1-4-10-6-2-8-12-9-3-7-11-5-1;1-3(4)5-2;/h10-12H,1-9H2;1-2H3;/q;;+2. The molecular formula is C12H27N3O2Zn+2. The average molecular weight is 311 g/mol. The first kappa shape index (κ1) is 20.3. The van der Waals surface area contributed by atoms with E-state index in [0.717, 1.165) is 39.3 Å². The van der Waals surface area contributed by atoms with E-state index in [2.05, 4.69) is 20.7 Å². The topological polar surface area (TPSA) is 62.4 Å². The van der Waals surface area contributed by atoms with Crippen molar-refractivity contribution in [3.8, 4) is 0 Å². The molecule has 1 fully saturated rings. The zero-order valence-corrected chi connectivity index (χ0v) is 14.9. The molecule has 1 rings (SSSR count). The predicted molar refractivity (Wildman–Crippen MR) is 70.2 cm³/mol. The van der Waals surface area contributed by atoms with E-state index in [1.165, 1.54) is 33.3 Å². The summed E-state index contributed by atoms with van der Waals surface area (Å²) in [6.07, 6.45) is 3.77. The van der Waals surface area contributed by atoms with Gasteiger partial charge in [-0.2, -0.15) is 0 Å². The minimum Gasteiger partial charge on any atom is -0.469 e. The van der Waals surface area contributed by atoms with Gasteiger partial charge in [0.2, 0.25) is 0 Å². The zero-order chi connectivity index (χ0) is 12.8. The molecule has 1 aliphatic heterocycles. The summed E-state index contributed by atoms with van der Waals surface area (Å²) < 4.78 is 4.11. The number of rotatable bonds is 0. The van der Waals surface area contributed by atoms with E-state index in [9.17, 15) is 4.79 Å². The van der Waals surface area contributed by atoms with Crippen molar-refractivity contribution >= 4 is 5.97 Å². The summed E-state index contributed by atoms with van der Waals surface area (Å²) >= 11 is 0. The molecular weight excluding hydrogens is 284 g/mol. The number of carbonyl (C=O) groups is 1. The maximum atomic E-state index is 9.59.